The van der Waals surface area contributed by atoms with Crippen molar-refractivity contribution in [2.45, 2.75) is 65.1 Å². The number of anilines is 1. The molecule has 226 valence electrons. The SMILES string of the molecule is CCC(C)(C)NC(=O)[C@H](c1cccc(OC)c1OC)N(Cc1ccc(OC)cc1)C(=O)CCC(=O)Nc1cc(C)on1. The molecule has 2 aromatic carbocycles. The van der Waals surface area contributed by atoms with E-state index in [1.165, 1.54) is 19.1 Å². The lowest BCUT2D eigenvalue weighted by Gasteiger charge is -2.35. The number of ether oxygens (including phenoxy) is 3. The second kappa shape index (κ2) is 14.4. The molecular weight excluding hydrogens is 540 g/mol. The molecule has 3 amide bonds. The van der Waals surface area contributed by atoms with Gasteiger partial charge in [0.15, 0.2) is 17.3 Å². The Morgan fingerprint density at radius 3 is 2.29 bits per heavy atom. The number of carbonyl (C=O) groups excluding carboxylic acids is 3. The van der Waals surface area contributed by atoms with Crippen molar-refractivity contribution in [1.82, 2.24) is 15.4 Å². The molecule has 1 heterocycles. The standard InChI is InChI=1S/C31H40N4O7/c1-8-31(3,4)33-30(38)28(23-10-9-11-24(40-6)29(23)41-7)35(19-21-12-14-22(39-5)15-13-21)27(37)17-16-26(36)32-25-18-20(2)42-34-25/h9-15,18,28H,8,16-17,19H2,1-7H3,(H,33,38)(H,32,34,36)/t28-/m0/s1. The number of aromatic nitrogens is 1. The van der Waals surface area contributed by atoms with E-state index in [1.54, 1.807) is 50.4 Å². The van der Waals surface area contributed by atoms with Crippen molar-refractivity contribution in [3.63, 3.8) is 0 Å². The van der Waals surface area contributed by atoms with Crippen LogP contribution in [0.3, 0.4) is 0 Å². The number of carbonyl (C=O) groups is 3. The number of nitrogens with one attached hydrogen (secondary N) is 2. The van der Waals surface area contributed by atoms with Crippen LogP contribution < -0.4 is 24.8 Å². The van der Waals surface area contributed by atoms with Crippen molar-refractivity contribution < 1.29 is 33.1 Å². The fourth-order valence-electron chi connectivity index (χ4n) is 4.31. The molecule has 1 aromatic heterocycles. The number of aryl methyl sites for hydroxylation is 1. The van der Waals surface area contributed by atoms with E-state index in [1.807, 2.05) is 32.9 Å². The van der Waals surface area contributed by atoms with Crippen LogP contribution in [0.5, 0.6) is 17.2 Å². The van der Waals surface area contributed by atoms with Crippen LogP contribution in [0.25, 0.3) is 0 Å². The molecule has 0 spiro atoms. The third-order valence-corrected chi connectivity index (χ3v) is 6.93. The van der Waals surface area contributed by atoms with Gasteiger partial charge in [0, 0.05) is 36.6 Å². The van der Waals surface area contributed by atoms with Crippen molar-refractivity contribution in [2.24, 2.45) is 0 Å². The largest absolute Gasteiger partial charge is 0.497 e. The first kappa shape index (κ1) is 32.0. The molecule has 0 fully saturated rings. The van der Waals surface area contributed by atoms with Gasteiger partial charge in [-0.15, -0.1) is 0 Å². The molecule has 0 saturated carbocycles. The highest BCUT2D eigenvalue weighted by Crippen LogP contribution is 2.38. The zero-order valence-corrected chi connectivity index (χ0v) is 25.3. The summed E-state index contributed by atoms with van der Waals surface area (Å²) < 4.78 is 21.5. The minimum Gasteiger partial charge on any atom is -0.497 e. The van der Waals surface area contributed by atoms with Gasteiger partial charge in [-0.25, -0.2) is 0 Å². The van der Waals surface area contributed by atoms with E-state index in [9.17, 15) is 14.4 Å². The van der Waals surface area contributed by atoms with Crippen molar-refractivity contribution >= 4 is 23.5 Å². The first-order valence-electron chi connectivity index (χ1n) is 13.7. The van der Waals surface area contributed by atoms with Crippen LogP contribution in [0, 0.1) is 6.92 Å². The molecule has 0 saturated heterocycles. The third-order valence-electron chi connectivity index (χ3n) is 6.93. The lowest BCUT2D eigenvalue weighted by Crippen LogP contribution is -2.50. The van der Waals surface area contributed by atoms with Crippen LogP contribution >= 0.6 is 0 Å². The summed E-state index contributed by atoms with van der Waals surface area (Å²) in [6, 6.07) is 12.9. The number of benzene rings is 2. The molecular formula is C31H40N4O7. The highest BCUT2D eigenvalue weighted by atomic mass is 16.5. The predicted octanol–water partition coefficient (Wildman–Crippen LogP) is 4.80. The van der Waals surface area contributed by atoms with Gasteiger partial charge in [0.05, 0.1) is 21.3 Å². The van der Waals surface area contributed by atoms with Gasteiger partial charge < -0.3 is 34.3 Å². The summed E-state index contributed by atoms with van der Waals surface area (Å²) in [4.78, 5) is 42.2. The molecule has 11 nitrogen and oxygen atoms in total. The molecule has 0 aliphatic carbocycles. The summed E-state index contributed by atoms with van der Waals surface area (Å²) >= 11 is 0. The molecule has 0 unspecified atom stereocenters. The Balaban J connectivity index is 2.03. The fraction of sp³-hybridized carbons (Fsp3) is 0.419. The molecule has 0 aliphatic heterocycles. The Labute approximate surface area is 246 Å². The summed E-state index contributed by atoms with van der Waals surface area (Å²) in [5.41, 5.74) is 0.665. The number of hydrogen-bond donors (Lipinski definition) is 2. The lowest BCUT2D eigenvalue weighted by molar-refractivity contribution is -0.143. The minimum absolute atomic E-state index is 0.0813. The van der Waals surface area contributed by atoms with E-state index in [-0.39, 0.29) is 25.2 Å². The van der Waals surface area contributed by atoms with E-state index in [0.717, 1.165) is 5.56 Å². The Kier molecular flexibility index (Phi) is 11.0. The van der Waals surface area contributed by atoms with Gasteiger partial charge >= 0.3 is 0 Å². The topological polar surface area (TPSA) is 132 Å². The number of methoxy groups -OCH3 is 3. The van der Waals surface area contributed by atoms with Gasteiger partial charge in [0.1, 0.15) is 17.6 Å². The van der Waals surface area contributed by atoms with Gasteiger partial charge in [-0.2, -0.15) is 0 Å². The molecule has 42 heavy (non-hydrogen) atoms. The number of amides is 3. The van der Waals surface area contributed by atoms with Crippen molar-refractivity contribution in [3.8, 4) is 17.2 Å². The molecule has 1 atom stereocenters. The summed E-state index contributed by atoms with van der Waals surface area (Å²) in [6.45, 7) is 7.59. The summed E-state index contributed by atoms with van der Waals surface area (Å²) in [5.74, 6) is 1.01. The van der Waals surface area contributed by atoms with Crippen LogP contribution in [-0.2, 0) is 20.9 Å². The Morgan fingerprint density at radius 1 is 1.00 bits per heavy atom. The molecule has 11 heteroatoms. The Hall–Kier alpha value is -4.54. The maximum atomic E-state index is 14.1. The maximum Gasteiger partial charge on any atom is 0.248 e. The zero-order chi connectivity index (χ0) is 30.9. The smallest absolute Gasteiger partial charge is 0.248 e. The Morgan fingerprint density at radius 2 is 1.71 bits per heavy atom. The van der Waals surface area contributed by atoms with E-state index in [2.05, 4.69) is 15.8 Å². The van der Waals surface area contributed by atoms with Gasteiger partial charge in [0.25, 0.3) is 0 Å². The van der Waals surface area contributed by atoms with Crippen molar-refractivity contribution in [3.05, 3.63) is 65.4 Å². The summed E-state index contributed by atoms with van der Waals surface area (Å²) in [7, 11) is 4.56. The lowest BCUT2D eigenvalue weighted by atomic mass is 9.97. The van der Waals surface area contributed by atoms with E-state index in [0.29, 0.717) is 35.0 Å². The number of para-hydroxylation sites is 1. The number of rotatable bonds is 14. The van der Waals surface area contributed by atoms with Crippen LogP contribution in [0.2, 0.25) is 0 Å². The molecule has 0 radical (unpaired) electrons. The first-order chi connectivity index (χ1) is 20.0. The molecule has 2 N–H and O–H groups in total. The van der Waals surface area contributed by atoms with Gasteiger partial charge in [0.2, 0.25) is 17.7 Å². The van der Waals surface area contributed by atoms with Gasteiger partial charge in [-0.1, -0.05) is 36.3 Å². The van der Waals surface area contributed by atoms with Crippen molar-refractivity contribution in [2.75, 3.05) is 26.6 Å². The second-order valence-electron chi connectivity index (χ2n) is 10.5. The summed E-state index contributed by atoms with van der Waals surface area (Å²) in [5, 5.41) is 9.48. The highest BCUT2D eigenvalue weighted by Gasteiger charge is 2.36. The molecule has 3 aromatic rings. The van der Waals surface area contributed by atoms with E-state index >= 15 is 0 Å². The monoisotopic (exact) mass is 580 g/mol. The Bertz CT molecular complexity index is 1370. The normalized spacial score (nSPS) is 11.8. The van der Waals surface area contributed by atoms with Crippen LogP contribution in [0.15, 0.2) is 53.1 Å². The summed E-state index contributed by atoms with van der Waals surface area (Å²) in [6.07, 6.45) is 0.370. The second-order valence-corrected chi connectivity index (χ2v) is 10.5. The fourth-order valence-corrected chi connectivity index (χ4v) is 4.31. The zero-order valence-electron chi connectivity index (χ0n) is 25.3. The average molecular weight is 581 g/mol. The minimum atomic E-state index is -1.10. The van der Waals surface area contributed by atoms with Gasteiger partial charge in [-0.3, -0.25) is 14.4 Å². The quantitative estimate of drug-likeness (QED) is 0.278. The van der Waals surface area contributed by atoms with Crippen molar-refractivity contribution in [1.29, 1.82) is 0 Å². The maximum absolute atomic E-state index is 14.1. The molecule has 0 bridgehead atoms. The van der Waals surface area contributed by atoms with E-state index < -0.39 is 29.3 Å². The number of nitrogens with zero attached hydrogens (tertiary/aromatic N) is 2. The van der Waals surface area contributed by atoms with Crippen LogP contribution in [-0.4, -0.2) is 54.6 Å². The third kappa shape index (κ3) is 8.25. The van der Waals surface area contributed by atoms with Crippen LogP contribution in [0.1, 0.15) is 63.0 Å². The molecule has 0 aliphatic rings. The van der Waals surface area contributed by atoms with E-state index in [4.69, 9.17) is 18.7 Å². The number of hydrogen-bond acceptors (Lipinski definition) is 8. The van der Waals surface area contributed by atoms with Gasteiger partial charge in [-0.05, 0) is 51.0 Å². The highest BCUT2D eigenvalue weighted by molar-refractivity contribution is 5.94. The average Bonchev–Trinajstić information content (AvgIpc) is 3.39. The molecule has 3 rings (SSSR count). The van der Waals surface area contributed by atoms with Crippen LogP contribution in [0.4, 0.5) is 5.82 Å². The predicted molar refractivity (Wildman–Crippen MR) is 157 cm³/mol. The first-order valence-corrected chi connectivity index (χ1v) is 13.7.